The minimum atomic E-state index is -3.97. The van der Waals surface area contributed by atoms with Gasteiger partial charge in [0.1, 0.15) is 0 Å². The number of carbonyl (C=O) groups excluding carboxylic acids is 1. The number of rotatable bonds is 8. The molecule has 0 unspecified atom stereocenters. The Bertz CT molecular complexity index is 1820. The third-order valence-electron chi connectivity index (χ3n) is 6.43. The monoisotopic (exact) mass is 577 g/mol. The van der Waals surface area contributed by atoms with Crippen LogP contribution in [-0.2, 0) is 20.0 Å². The molecular formula is C30H31N3O5S2. The molecule has 0 saturated carbocycles. The minimum Gasteiger partial charge on any atom is -0.322 e. The van der Waals surface area contributed by atoms with Crippen LogP contribution in [0.5, 0.6) is 0 Å². The number of nitrogens with one attached hydrogen (secondary N) is 3. The predicted molar refractivity (Wildman–Crippen MR) is 159 cm³/mol. The lowest BCUT2D eigenvalue weighted by Crippen LogP contribution is -2.18. The standard InChI is InChI=1S/C30H31N3O5S2/c1-19-7-15-27(23(5)16-19)32-40(37,38)29-18-24(10-9-22(29)4)30(34)31-25-11-13-26(14-12-25)39(35,36)33-28-17-20(2)6-8-21(28)3/h6-18,32-33H,1-5H3,(H,31,34). The number of aryl methyl sites for hydroxylation is 5. The minimum absolute atomic E-state index is 0.0147. The first kappa shape index (κ1) is 28.8. The van der Waals surface area contributed by atoms with E-state index < -0.39 is 26.0 Å². The first-order chi connectivity index (χ1) is 18.7. The van der Waals surface area contributed by atoms with Crippen LogP contribution >= 0.6 is 0 Å². The van der Waals surface area contributed by atoms with Gasteiger partial charge in [-0.2, -0.15) is 0 Å². The summed E-state index contributed by atoms with van der Waals surface area (Å²) in [5.41, 5.74) is 5.45. The van der Waals surface area contributed by atoms with Gasteiger partial charge in [0, 0.05) is 11.3 Å². The van der Waals surface area contributed by atoms with Crippen molar-refractivity contribution in [3.8, 4) is 0 Å². The highest BCUT2D eigenvalue weighted by atomic mass is 32.2. The Hall–Kier alpha value is -4.15. The maximum Gasteiger partial charge on any atom is 0.262 e. The van der Waals surface area contributed by atoms with Crippen molar-refractivity contribution in [1.82, 2.24) is 0 Å². The number of anilines is 3. The second-order valence-electron chi connectivity index (χ2n) is 9.81. The largest absolute Gasteiger partial charge is 0.322 e. The van der Waals surface area contributed by atoms with Crippen molar-refractivity contribution in [3.05, 3.63) is 112 Å². The molecule has 0 bridgehead atoms. The van der Waals surface area contributed by atoms with E-state index in [1.54, 1.807) is 25.1 Å². The van der Waals surface area contributed by atoms with Crippen LogP contribution in [0.1, 0.15) is 38.2 Å². The van der Waals surface area contributed by atoms with Gasteiger partial charge in [-0.05, 0) is 105 Å². The molecule has 4 aromatic rings. The lowest BCUT2D eigenvalue weighted by molar-refractivity contribution is 0.102. The summed E-state index contributed by atoms with van der Waals surface area (Å²) in [6.45, 7) is 9.09. The Kier molecular flexibility index (Phi) is 8.04. The second kappa shape index (κ2) is 11.1. The Morgan fingerprint density at radius 2 is 1.18 bits per heavy atom. The average molecular weight is 578 g/mol. The summed E-state index contributed by atoms with van der Waals surface area (Å²) in [5, 5.41) is 2.70. The van der Waals surface area contributed by atoms with Gasteiger partial charge >= 0.3 is 0 Å². The van der Waals surface area contributed by atoms with Crippen LogP contribution in [0.3, 0.4) is 0 Å². The summed E-state index contributed by atoms with van der Waals surface area (Å²) in [4.78, 5) is 13.0. The molecule has 0 heterocycles. The third-order valence-corrected chi connectivity index (χ3v) is 9.31. The second-order valence-corrected chi connectivity index (χ2v) is 13.1. The number of amides is 1. The van der Waals surface area contributed by atoms with Gasteiger partial charge in [-0.15, -0.1) is 0 Å². The highest BCUT2D eigenvalue weighted by Gasteiger charge is 2.21. The van der Waals surface area contributed by atoms with E-state index in [-0.39, 0.29) is 15.4 Å². The highest BCUT2D eigenvalue weighted by molar-refractivity contribution is 7.93. The fourth-order valence-corrected chi connectivity index (χ4v) is 6.65. The molecule has 4 aromatic carbocycles. The lowest BCUT2D eigenvalue weighted by Gasteiger charge is -2.14. The van der Waals surface area contributed by atoms with Gasteiger partial charge in [0.25, 0.3) is 26.0 Å². The topological polar surface area (TPSA) is 121 Å². The third kappa shape index (κ3) is 6.52. The van der Waals surface area contributed by atoms with Gasteiger partial charge in [-0.3, -0.25) is 14.2 Å². The lowest BCUT2D eigenvalue weighted by atomic mass is 10.1. The summed E-state index contributed by atoms with van der Waals surface area (Å²) < 4.78 is 57.4. The van der Waals surface area contributed by atoms with Crippen molar-refractivity contribution in [3.63, 3.8) is 0 Å². The SMILES string of the molecule is Cc1ccc(NS(=O)(=O)c2cc(C(=O)Nc3ccc(S(=O)(=O)Nc4cc(C)ccc4C)cc3)ccc2C)c(C)c1. The van der Waals surface area contributed by atoms with E-state index in [9.17, 15) is 21.6 Å². The van der Waals surface area contributed by atoms with Crippen molar-refractivity contribution >= 4 is 43.0 Å². The number of hydrogen-bond acceptors (Lipinski definition) is 5. The molecule has 0 atom stereocenters. The molecule has 0 radical (unpaired) electrons. The van der Waals surface area contributed by atoms with E-state index in [4.69, 9.17) is 0 Å². The molecule has 0 aromatic heterocycles. The molecule has 10 heteroatoms. The summed E-state index contributed by atoms with van der Waals surface area (Å²) in [6.07, 6.45) is 0. The number of carbonyl (C=O) groups is 1. The summed E-state index contributed by atoms with van der Waals surface area (Å²) >= 11 is 0. The van der Waals surface area contributed by atoms with E-state index in [1.165, 1.54) is 36.4 Å². The zero-order chi connectivity index (χ0) is 29.2. The van der Waals surface area contributed by atoms with E-state index in [1.807, 2.05) is 52.0 Å². The molecule has 40 heavy (non-hydrogen) atoms. The number of hydrogen-bond donors (Lipinski definition) is 3. The van der Waals surface area contributed by atoms with Crippen molar-refractivity contribution in [2.24, 2.45) is 0 Å². The first-order valence-corrected chi connectivity index (χ1v) is 15.4. The van der Waals surface area contributed by atoms with Crippen molar-refractivity contribution in [1.29, 1.82) is 0 Å². The van der Waals surface area contributed by atoms with E-state index >= 15 is 0 Å². The number of benzene rings is 4. The van der Waals surface area contributed by atoms with Gasteiger partial charge in [0.05, 0.1) is 21.2 Å². The van der Waals surface area contributed by atoms with Crippen molar-refractivity contribution in [2.45, 2.75) is 44.4 Å². The van der Waals surface area contributed by atoms with Crippen molar-refractivity contribution in [2.75, 3.05) is 14.8 Å². The zero-order valence-electron chi connectivity index (χ0n) is 22.9. The molecule has 208 valence electrons. The van der Waals surface area contributed by atoms with Gasteiger partial charge < -0.3 is 5.32 Å². The van der Waals surface area contributed by atoms with Gasteiger partial charge in [0.2, 0.25) is 0 Å². The molecule has 0 spiro atoms. The average Bonchev–Trinajstić information content (AvgIpc) is 2.88. The quantitative estimate of drug-likeness (QED) is 0.234. The fraction of sp³-hybridized carbons (Fsp3) is 0.167. The Morgan fingerprint density at radius 3 is 1.85 bits per heavy atom. The zero-order valence-corrected chi connectivity index (χ0v) is 24.5. The fourth-order valence-electron chi connectivity index (χ4n) is 4.13. The summed E-state index contributed by atoms with van der Waals surface area (Å²) in [6, 6.07) is 21.1. The van der Waals surface area contributed by atoms with E-state index in [0.29, 0.717) is 22.6 Å². The molecular weight excluding hydrogens is 546 g/mol. The Labute approximate surface area is 235 Å². The number of sulfonamides is 2. The highest BCUT2D eigenvalue weighted by Crippen LogP contribution is 2.25. The molecule has 8 nitrogen and oxygen atoms in total. The molecule has 1 amide bonds. The van der Waals surface area contributed by atoms with Crippen LogP contribution < -0.4 is 14.8 Å². The van der Waals surface area contributed by atoms with Crippen LogP contribution in [0.25, 0.3) is 0 Å². The normalized spacial score (nSPS) is 11.6. The molecule has 4 rings (SSSR count). The predicted octanol–water partition coefficient (Wildman–Crippen LogP) is 6.08. The molecule has 3 N–H and O–H groups in total. The maximum absolute atomic E-state index is 13.2. The van der Waals surface area contributed by atoms with Crippen molar-refractivity contribution < 1.29 is 21.6 Å². The van der Waals surface area contributed by atoms with Gasteiger partial charge in [0.15, 0.2) is 0 Å². The van der Waals surface area contributed by atoms with Gasteiger partial charge in [-0.1, -0.05) is 35.9 Å². The molecule has 0 fully saturated rings. The maximum atomic E-state index is 13.2. The molecule has 0 aliphatic carbocycles. The van der Waals surface area contributed by atoms with E-state index in [0.717, 1.165) is 22.3 Å². The summed E-state index contributed by atoms with van der Waals surface area (Å²) in [7, 11) is -7.81. The van der Waals surface area contributed by atoms with Crippen LogP contribution in [0.2, 0.25) is 0 Å². The Balaban J connectivity index is 1.51. The van der Waals surface area contributed by atoms with E-state index in [2.05, 4.69) is 14.8 Å². The van der Waals surface area contributed by atoms with Crippen LogP contribution in [0.4, 0.5) is 17.1 Å². The van der Waals surface area contributed by atoms with Crippen LogP contribution in [0, 0.1) is 34.6 Å². The molecule has 0 aliphatic heterocycles. The molecule has 0 aliphatic rings. The summed E-state index contributed by atoms with van der Waals surface area (Å²) in [5.74, 6) is -0.535. The van der Waals surface area contributed by atoms with Crippen LogP contribution in [0.15, 0.2) is 88.7 Å². The first-order valence-electron chi connectivity index (χ1n) is 12.5. The Morgan fingerprint density at radius 1 is 0.575 bits per heavy atom. The van der Waals surface area contributed by atoms with Crippen LogP contribution in [-0.4, -0.2) is 22.7 Å². The molecule has 0 saturated heterocycles. The smallest absolute Gasteiger partial charge is 0.262 e. The van der Waals surface area contributed by atoms with Gasteiger partial charge in [-0.25, -0.2) is 16.8 Å².